The van der Waals surface area contributed by atoms with Gasteiger partial charge in [-0.15, -0.1) is 0 Å². The second-order valence-corrected chi connectivity index (χ2v) is 4.22. The zero-order valence-electron chi connectivity index (χ0n) is 10.9. The minimum absolute atomic E-state index is 0.188. The van der Waals surface area contributed by atoms with Crippen LogP contribution < -0.4 is 5.32 Å². The highest BCUT2D eigenvalue weighted by Crippen LogP contribution is 2.28. The van der Waals surface area contributed by atoms with Gasteiger partial charge >= 0.3 is 6.18 Å². The van der Waals surface area contributed by atoms with Crippen molar-refractivity contribution in [2.75, 3.05) is 5.32 Å². The molecule has 0 radical (unpaired) electrons. The average Bonchev–Trinajstić information content (AvgIpc) is 2.45. The number of nitrogens with zero attached hydrogens (tertiary/aromatic N) is 2. The van der Waals surface area contributed by atoms with E-state index in [1.54, 1.807) is 6.20 Å². The van der Waals surface area contributed by atoms with Gasteiger partial charge in [0.25, 0.3) is 0 Å². The van der Waals surface area contributed by atoms with Gasteiger partial charge in [0.05, 0.1) is 12.2 Å². The lowest BCUT2D eigenvalue weighted by atomic mass is 10.1. The summed E-state index contributed by atoms with van der Waals surface area (Å²) in [5, 5.41) is 2.87. The maximum Gasteiger partial charge on any atom is 0.433 e. The Labute approximate surface area is 114 Å². The van der Waals surface area contributed by atoms with E-state index in [1.807, 2.05) is 19.1 Å². The molecule has 0 aliphatic heterocycles. The molecule has 20 heavy (non-hydrogen) atoms. The molecule has 2 aromatic heterocycles. The molecule has 0 spiro atoms. The summed E-state index contributed by atoms with van der Waals surface area (Å²) in [6, 6.07) is 7.57. The van der Waals surface area contributed by atoms with Gasteiger partial charge < -0.3 is 5.32 Å². The van der Waals surface area contributed by atoms with Crippen molar-refractivity contribution in [3.05, 3.63) is 53.5 Å². The molecule has 106 valence electrons. The molecule has 2 aromatic rings. The van der Waals surface area contributed by atoms with Gasteiger partial charge in [-0.3, -0.25) is 4.98 Å². The molecule has 6 heteroatoms. The maximum absolute atomic E-state index is 12.5. The molecule has 2 heterocycles. The van der Waals surface area contributed by atoms with E-state index < -0.39 is 11.9 Å². The molecular formula is C14H14F3N3. The van der Waals surface area contributed by atoms with Gasteiger partial charge in [-0.1, -0.05) is 19.1 Å². The molecule has 0 aliphatic carbocycles. The topological polar surface area (TPSA) is 37.8 Å². The van der Waals surface area contributed by atoms with E-state index in [4.69, 9.17) is 0 Å². The fourth-order valence-corrected chi connectivity index (χ4v) is 1.82. The van der Waals surface area contributed by atoms with Gasteiger partial charge in [-0.2, -0.15) is 13.2 Å². The molecule has 0 amide bonds. The van der Waals surface area contributed by atoms with Gasteiger partial charge in [-0.05, 0) is 30.2 Å². The number of nitrogens with one attached hydrogen (secondary N) is 1. The summed E-state index contributed by atoms with van der Waals surface area (Å²) in [4.78, 5) is 7.77. The molecule has 1 N–H and O–H groups in total. The number of halogens is 3. The summed E-state index contributed by atoms with van der Waals surface area (Å²) in [5.41, 5.74) is 0.973. The van der Waals surface area contributed by atoms with E-state index >= 15 is 0 Å². The van der Waals surface area contributed by atoms with Crippen LogP contribution in [0.25, 0.3) is 0 Å². The monoisotopic (exact) mass is 281 g/mol. The predicted octanol–water partition coefficient (Wildman–Crippen LogP) is 3.67. The van der Waals surface area contributed by atoms with Crippen molar-refractivity contribution in [3.63, 3.8) is 0 Å². The van der Waals surface area contributed by atoms with Crippen molar-refractivity contribution >= 4 is 5.82 Å². The van der Waals surface area contributed by atoms with Crippen LogP contribution in [0.1, 0.15) is 23.9 Å². The number of aryl methyl sites for hydroxylation is 1. The van der Waals surface area contributed by atoms with Gasteiger partial charge in [0, 0.05) is 6.20 Å². The van der Waals surface area contributed by atoms with E-state index in [-0.39, 0.29) is 5.82 Å². The molecule has 0 saturated carbocycles. The van der Waals surface area contributed by atoms with Crippen LogP contribution in [0, 0.1) is 0 Å². The third-order valence-corrected chi connectivity index (χ3v) is 2.84. The van der Waals surface area contributed by atoms with Gasteiger partial charge in [0.1, 0.15) is 11.5 Å². The Morgan fingerprint density at radius 1 is 1.15 bits per heavy atom. The molecule has 0 saturated heterocycles. The van der Waals surface area contributed by atoms with E-state index in [2.05, 4.69) is 15.3 Å². The number of aromatic nitrogens is 2. The molecule has 0 atom stereocenters. The van der Waals surface area contributed by atoms with E-state index in [9.17, 15) is 13.2 Å². The summed E-state index contributed by atoms with van der Waals surface area (Å²) in [5.74, 6) is 0.188. The molecular weight excluding hydrogens is 267 g/mol. The molecule has 0 fully saturated rings. The van der Waals surface area contributed by atoms with Crippen LogP contribution in [0.2, 0.25) is 0 Å². The van der Waals surface area contributed by atoms with E-state index in [0.717, 1.165) is 23.7 Å². The second-order valence-electron chi connectivity index (χ2n) is 4.22. The third kappa shape index (κ3) is 3.46. The minimum atomic E-state index is -4.43. The Morgan fingerprint density at radius 2 is 1.95 bits per heavy atom. The van der Waals surface area contributed by atoms with Crippen molar-refractivity contribution < 1.29 is 13.2 Å². The SMILES string of the molecule is CCc1cccnc1CNc1cccc(C(F)(F)F)n1. The Kier molecular flexibility index (Phi) is 4.22. The van der Waals surface area contributed by atoms with E-state index in [1.165, 1.54) is 12.1 Å². The lowest BCUT2D eigenvalue weighted by Crippen LogP contribution is -2.11. The van der Waals surface area contributed by atoms with Crippen molar-refractivity contribution in [2.45, 2.75) is 26.1 Å². The van der Waals surface area contributed by atoms with Crippen LogP contribution in [-0.4, -0.2) is 9.97 Å². The normalized spacial score (nSPS) is 11.4. The maximum atomic E-state index is 12.5. The molecule has 3 nitrogen and oxygen atoms in total. The number of rotatable bonds is 4. The molecule has 0 aromatic carbocycles. The van der Waals surface area contributed by atoms with Crippen LogP contribution in [0.4, 0.5) is 19.0 Å². The van der Waals surface area contributed by atoms with Crippen molar-refractivity contribution in [1.29, 1.82) is 0 Å². The zero-order chi connectivity index (χ0) is 14.6. The lowest BCUT2D eigenvalue weighted by molar-refractivity contribution is -0.141. The first-order chi connectivity index (χ1) is 9.50. The Balaban J connectivity index is 2.11. The Morgan fingerprint density at radius 3 is 2.65 bits per heavy atom. The van der Waals surface area contributed by atoms with Crippen LogP contribution in [0.3, 0.4) is 0 Å². The minimum Gasteiger partial charge on any atom is -0.364 e. The summed E-state index contributed by atoms with van der Waals surface area (Å²) >= 11 is 0. The molecule has 0 unspecified atom stereocenters. The van der Waals surface area contributed by atoms with Crippen LogP contribution in [0.5, 0.6) is 0 Å². The first-order valence-electron chi connectivity index (χ1n) is 6.21. The first kappa shape index (κ1) is 14.3. The molecule has 0 aliphatic rings. The zero-order valence-corrected chi connectivity index (χ0v) is 10.9. The summed E-state index contributed by atoms with van der Waals surface area (Å²) in [6.07, 6.45) is -1.95. The quantitative estimate of drug-likeness (QED) is 0.929. The van der Waals surface area contributed by atoms with Gasteiger partial charge in [0.2, 0.25) is 0 Å². The van der Waals surface area contributed by atoms with Crippen molar-refractivity contribution in [2.24, 2.45) is 0 Å². The standard InChI is InChI=1S/C14H14F3N3/c1-2-10-5-4-8-18-11(10)9-19-13-7-3-6-12(20-13)14(15,16)17/h3-8H,2,9H2,1H3,(H,19,20). The Hall–Kier alpha value is -2.11. The Bertz CT molecular complexity index is 582. The molecule has 2 rings (SSSR count). The largest absolute Gasteiger partial charge is 0.433 e. The number of alkyl halides is 3. The fraction of sp³-hybridized carbons (Fsp3) is 0.286. The van der Waals surface area contributed by atoms with Gasteiger partial charge in [0.15, 0.2) is 0 Å². The highest BCUT2D eigenvalue weighted by atomic mass is 19.4. The lowest BCUT2D eigenvalue weighted by Gasteiger charge is -2.10. The highest BCUT2D eigenvalue weighted by molar-refractivity contribution is 5.37. The number of hydrogen-bond acceptors (Lipinski definition) is 3. The predicted molar refractivity (Wildman–Crippen MR) is 70.2 cm³/mol. The summed E-state index contributed by atoms with van der Waals surface area (Å²) in [7, 11) is 0. The van der Waals surface area contributed by atoms with Gasteiger partial charge in [-0.25, -0.2) is 4.98 Å². The van der Waals surface area contributed by atoms with Crippen molar-refractivity contribution in [1.82, 2.24) is 9.97 Å². The average molecular weight is 281 g/mol. The number of hydrogen-bond donors (Lipinski definition) is 1. The van der Waals surface area contributed by atoms with Crippen molar-refractivity contribution in [3.8, 4) is 0 Å². The summed E-state index contributed by atoms with van der Waals surface area (Å²) in [6.45, 7) is 2.35. The third-order valence-electron chi connectivity index (χ3n) is 2.84. The van der Waals surface area contributed by atoms with Crippen LogP contribution in [-0.2, 0) is 19.1 Å². The molecule has 0 bridgehead atoms. The second kappa shape index (κ2) is 5.90. The van der Waals surface area contributed by atoms with E-state index in [0.29, 0.717) is 6.54 Å². The fourth-order valence-electron chi connectivity index (χ4n) is 1.82. The highest BCUT2D eigenvalue weighted by Gasteiger charge is 2.32. The van der Waals surface area contributed by atoms with Crippen LogP contribution in [0.15, 0.2) is 36.5 Å². The number of anilines is 1. The smallest absolute Gasteiger partial charge is 0.364 e. The summed E-state index contributed by atoms with van der Waals surface area (Å²) < 4.78 is 37.6. The first-order valence-corrected chi connectivity index (χ1v) is 6.21. The number of pyridine rings is 2. The van der Waals surface area contributed by atoms with Crippen LogP contribution >= 0.6 is 0 Å².